The van der Waals surface area contributed by atoms with Crippen LogP contribution in [0.1, 0.15) is 5.69 Å². The summed E-state index contributed by atoms with van der Waals surface area (Å²) in [7, 11) is 0. The second kappa shape index (κ2) is 6.67. The topological polar surface area (TPSA) is 75.6 Å². The summed E-state index contributed by atoms with van der Waals surface area (Å²) < 4.78 is 1.96. The Hall–Kier alpha value is -2.09. The Bertz CT molecular complexity index is 903. The number of nitrogens with two attached hydrogens (primary N) is 1. The van der Waals surface area contributed by atoms with E-state index in [-0.39, 0.29) is 0 Å². The van der Waals surface area contributed by atoms with E-state index in [0.717, 1.165) is 44.1 Å². The van der Waals surface area contributed by atoms with Crippen molar-refractivity contribution >= 4 is 40.5 Å². The van der Waals surface area contributed by atoms with Crippen molar-refractivity contribution in [1.82, 2.24) is 24.3 Å². The lowest BCUT2D eigenvalue weighted by Gasteiger charge is -2.35. The summed E-state index contributed by atoms with van der Waals surface area (Å²) in [6, 6.07) is 3.77. The molecule has 0 bridgehead atoms. The second-order valence-corrected chi connectivity index (χ2v) is 6.82. The van der Waals surface area contributed by atoms with Gasteiger partial charge in [-0.1, -0.05) is 23.2 Å². The molecule has 1 fully saturated rings. The van der Waals surface area contributed by atoms with Gasteiger partial charge in [0.1, 0.15) is 22.8 Å². The van der Waals surface area contributed by atoms with Gasteiger partial charge in [-0.2, -0.15) is 0 Å². The normalized spacial score (nSPS) is 15.8. The highest BCUT2D eigenvalue weighted by Crippen LogP contribution is 2.27. The number of hydrogen-bond donors (Lipinski definition) is 1. The predicted octanol–water partition coefficient (Wildman–Crippen LogP) is 2.34. The van der Waals surface area contributed by atoms with Crippen molar-refractivity contribution in [2.45, 2.75) is 6.54 Å². The molecule has 3 aromatic rings. The summed E-state index contributed by atoms with van der Waals surface area (Å²) >= 11 is 12.2. The van der Waals surface area contributed by atoms with Gasteiger partial charge in [0.25, 0.3) is 0 Å². The third-order valence-corrected chi connectivity index (χ3v) is 4.91. The fourth-order valence-electron chi connectivity index (χ4n) is 3.03. The van der Waals surface area contributed by atoms with E-state index in [0.29, 0.717) is 21.7 Å². The Morgan fingerprint density at radius 3 is 2.64 bits per heavy atom. The first kappa shape index (κ1) is 16.4. The first-order valence-corrected chi connectivity index (χ1v) is 8.72. The first-order chi connectivity index (χ1) is 12.1. The molecule has 0 amide bonds. The molecule has 3 aromatic heterocycles. The lowest BCUT2D eigenvalue weighted by atomic mass is 10.3. The SMILES string of the molecule is Nc1ncnc(N2CCN(Cc3cn4cc(Cl)ccc4n3)CC2)c1Cl. The second-order valence-electron chi connectivity index (χ2n) is 6.00. The Labute approximate surface area is 155 Å². The van der Waals surface area contributed by atoms with Crippen molar-refractivity contribution in [3.8, 4) is 0 Å². The Kier molecular flexibility index (Phi) is 4.37. The molecule has 25 heavy (non-hydrogen) atoms. The van der Waals surface area contributed by atoms with Crippen LogP contribution in [-0.2, 0) is 6.54 Å². The molecule has 4 heterocycles. The van der Waals surface area contributed by atoms with Crippen LogP contribution in [0.25, 0.3) is 5.65 Å². The monoisotopic (exact) mass is 377 g/mol. The molecule has 0 aromatic carbocycles. The van der Waals surface area contributed by atoms with Gasteiger partial charge in [0.15, 0.2) is 5.82 Å². The van der Waals surface area contributed by atoms with Gasteiger partial charge in [0.05, 0.1) is 10.7 Å². The highest BCUT2D eigenvalue weighted by atomic mass is 35.5. The van der Waals surface area contributed by atoms with Crippen LogP contribution in [0.15, 0.2) is 30.9 Å². The van der Waals surface area contributed by atoms with E-state index in [1.165, 1.54) is 6.33 Å². The average Bonchev–Trinajstić information content (AvgIpc) is 2.99. The van der Waals surface area contributed by atoms with E-state index in [9.17, 15) is 0 Å². The molecule has 9 heteroatoms. The van der Waals surface area contributed by atoms with Crippen LogP contribution in [0.5, 0.6) is 0 Å². The van der Waals surface area contributed by atoms with Gasteiger partial charge in [-0.3, -0.25) is 4.90 Å². The Morgan fingerprint density at radius 2 is 1.84 bits per heavy atom. The number of halogens is 2. The van der Waals surface area contributed by atoms with Gasteiger partial charge < -0.3 is 15.0 Å². The zero-order valence-electron chi connectivity index (χ0n) is 13.4. The number of imidazole rings is 1. The maximum Gasteiger partial charge on any atom is 0.153 e. The smallest absolute Gasteiger partial charge is 0.153 e. The molecule has 0 saturated carbocycles. The quantitative estimate of drug-likeness (QED) is 0.754. The minimum atomic E-state index is 0.317. The molecule has 1 saturated heterocycles. The molecule has 0 aliphatic carbocycles. The molecule has 7 nitrogen and oxygen atoms in total. The summed E-state index contributed by atoms with van der Waals surface area (Å²) in [6.07, 6.45) is 5.34. The minimum absolute atomic E-state index is 0.317. The lowest BCUT2D eigenvalue weighted by molar-refractivity contribution is 0.247. The largest absolute Gasteiger partial charge is 0.382 e. The van der Waals surface area contributed by atoms with Crippen molar-refractivity contribution in [2.75, 3.05) is 36.8 Å². The molecule has 0 radical (unpaired) electrons. The van der Waals surface area contributed by atoms with E-state index in [1.807, 2.05) is 28.9 Å². The Morgan fingerprint density at radius 1 is 1.04 bits per heavy atom. The molecule has 0 unspecified atom stereocenters. The van der Waals surface area contributed by atoms with E-state index in [2.05, 4.69) is 24.8 Å². The number of piperazine rings is 1. The summed E-state index contributed by atoms with van der Waals surface area (Å²) in [6.45, 7) is 4.25. The number of pyridine rings is 1. The number of nitrogen functional groups attached to an aromatic ring is 1. The highest BCUT2D eigenvalue weighted by Gasteiger charge is 2.21. The molecular formula is C16H17Cl2N7. The van der Waals surface area contributed by atoms with Crippen molar-refractivity contribution in [3.63, 3.8) is 0 Å². The van der Waals surface area contributed by atoms with Crippen LogP contribution in [0.3, 0.4) is 0 Å². The van der Waals surface area contributed by atoms with E-state index < -0.39 is 0 Å². The van der Waals surface area contributed by atoms with Crippen LogP contribution in [0.4, 0.5) is 11.6 Å². The van der Waals surface area contributed by atoms with Crippen molar-refractivity contribution < 1.29 is 0 Å². The summed E-state index contributed by atoms with van der Waals surface area (Å²) in [5.41, 5.74) is 7.70. The number of rotatable bonds is 3. The third kappa shape index (κ3) is 3.35. The van der Waals surface area contributed by atoms with Gasteiger partial charge in [0, 0.05) is 45.1 Å². The van der Waals surface area contributed by atoms with Gasteiger partial charge in [-0.25, -0.2) is 15.0 Å². The van der Waals surface area contributed by atoms with Crippen molar-refractivity contribution in [2.24, 2.45) is 0 Å². The number of anilines is 2. The van der Waals surface area contributed by atoms with Gasteiger partial charge in [0.2, 0.25) is 0 Å². The van der Waals surface area contributed by atoms with Crippen LogP contribution in [-0.4, -0.2) is 50.4 Å². The van der Waals surface area contributed by atoms with Crippen LogP contribution in [0, 0.1) is 0 Å². The van der Waals surface area contributed by atoms with Crippen molar-refractivity contribution in [1.29, 1.82) is 0 Å². The fraction of sp³-hybridized carbons (Fsp3) is 0.312. The average molecular weight is 378 g/mol. The summed E-state index contributed by atoms with van der Waals surface area (Å²) in [4.78, 5) is 17.3. The van der Waals surface area contributed by atoms with Crippen LogP contribution >= 0.6 is 23.2 Å². The van der Waals surface area contributed by atoms with E-state index in [1.54, 1.807) is 0 Å². The molecule has 1 aliphatic heterocycles. The van der Waals surface area contributed by atoms with Gasteiger partial charge in [-0.15, -0.1) is 0 Å². The molecule has 1 aliphatic rings. The summed E-state index contributed by atoms with van der Waals surface area (Å²) in [5.74, 6) is 1.02. The zero-order valence-corrected chi connectivity index (χ0v) is 15.0. The number of nitrogens with zero attached hydrogens (tertiary/aromatic N) is 6. The molecule has 0 spiro atoms. The van der Waals surface area contributed by atoms with E-state index >= 15 is 0 Å². The maximum absolute atomic E-state index is 6.22. The predicted molar refractivity (Wildman–Crippen MR) is 99.1 cm³/mol. The molecule has 130 valence electrons. The number of aromatic nitrogens is 4. The number of fused-ring (bicyclic) bond motifs is 1. The maximum atomic E-state index is 6.22. The van der Waals surface area contributed by atoms with Gasteiger partial charge in [-0.05, 0) is 12.1 Å². The van der Waals surface area contributed by atoms with E-state index in [4.69, 9.17) is 28.9 Å². The molecule has 2 N–H and O–H groups in total. The standard InChI is InChI=1S/C16H17Cl2N7/c17-11-1-2-13-22-12(9-25(13)7-11)8-23-3-5-24(6-4-23)16-14(18)15(19)20-10-21-16/h1-2,7,9-10H,3-6,8H2,(H2,19,20,21). The molecule has 4 rings (SSSR count). The highest BCUT2D eigenvalue weighted by molar-refractivity contribution is 6.35. The summed E-state index contributed by atoms with van der Waals surface area (Å²) in [5, 5.41) is 1.12. The van der Waals surface area contributed by atoms with Crippen LogP contribution in [0.2, 0.25) is 10.0 Å². The van der Waals surface area contributed by atoms with Crippen LogP contribution < -0.4 is 10.6 Å². The third-order valence-electron chi connectivity index (χ3n) is 4.32. The fourth-order valence-corrected chi connectivity index (χ4v) is 3.42. The lowest BCUT2D eigenvalue weighted by Crippen LogP contribution is -2.46. The van der Waals surface area contributed by atoms with Crippen molar-refractivity contribution in [3.05, 3.63) is 46.6 Å². The first-order valence-electron chi connectivity index (χ1n) is 7.96. The van der Waals surface area contributed by atoms with Gasteiger partial charge >= 0.3 is 0 Å². The zero-order chi connectivity index (χ0) is 17.4. The number of hydrogen-bond acceptors (Lipinski definition) is 6. The Balaban J connectivity index is 1.42. The minimum Gasteiger partial charge on any atom is -0.382 e. The molecule has 0 atom stereocenters. The molecular weight excluding hydrogens is 361 g/mol.